The molecule has 0 fully saturated rings. The van der Waals surface area contributed by atoms with E-state index in [0.29, 0.717) is 11.3 Å². The average molecular weight is 480 g/mol. The third-order valence-corrected chi connectivity index (χ3v) is 5.99. The molecule has 0 unspecified atom stereocenters. The number of alkyl halides is 3. The second kappa shape index (κ2) is 8.89. The van der Waals surface area contributed by atoms with Crippen molar-refractivity contribution in [3.8, 4) is 16.8 Å². The van der Waals surface area contributed by atoms with Crippen LogP contribution in [0, 0.1) is 0 Å². The van der Waals surface area contributed by atoms with E-state index >= 15 is 0 Å². The van der Waals surface area contributed by atoms with Crippen LogP contribution in [0.3, 0.4) is 0 Å². The standard InChI is InChI=1S/C28H28F3N3O/c1-17(2)24-16-34(22-12-10-21(11-13-22)33-26(35)27(3,4)32)25-15-19(7-14-23(24)25)18-5-8-20(9-6-18)28(29,30)31/h5-17H,32H2,1-4H3,(H,33,35). The number of aromatic nitrogens is 1. The lowest BCUT2D eigenvalue weighted by Gasteiger charge is -2.18. The monoisotopic (exact) mass is 479 g/mol. The highest BCUT2D eigenvalue weighted by Crippen LogP contribution is 2.35. The molecule has 0 atom stereocenters. The minimum atomic E-state index is -4.37. The molecule has 1 heterocycles. The van der Waals surface area contributed by atoms with Crippen LogP contribution in [-0.2, 0) is 11.0 Å². The Labute approximate surface area is 202 Å². The molecule has 4 aromatic rings. The molecule has 0 spiro atoms. The van der Waals surface area contributed by atoms with Crippen LogP contribution in [0.4, 0.5) is 18.9 Å². The van der Waals surface area contributed by atoms with Gasteiger partial charge in [0.1, 0.15) is 0 Å². The van der Waals surface area contributed by atoms with Gasteiger partial charge in [-0.3, -0.25) is 4.79 Å². The molecule has 35 heavy (non-hydrogen) atoms. The van der Waals surface area contributed by atoms with Crippen LogP contribution >= 0.6 is 0 Å². The van der Waals surface area contributed by atoms with Gasteiger partial charge in [-0.1, -0.05) is 38.1 Å². The lowest BCUT2D eigenvalue weighted by molar-refractivity contribution is -0.137. The number of hydrogen-bond donors (Lipinski definition) is 2. The quantitative estimate of drug-likeness (QED) is 0.320. The van der Waals surface area contributed by atoms with Crippen LogP contribution in [0.15, 0.2) is 72.9 Å². The predicted octanol–water partition coefficient (Wildman–Crippen LogP) is 7.12. The Hall–Kier alpha value is -3.58. The Bertz CT molecular complexity index is 1360. The summed E-state index contributed by atoms with van der Waals surface area (Å²) in [5, 5.41) is 3.89. The molecule has 1 aromatic heterocycles. The van der Waals surface area contributed by atoms with Gasteiger partial charge in [-0.2, -0.15) is 13.2 Å². The molecule has 0 saturated carbocycles. The van der Waals surface area contributed by atoms with Crippen molar-refractivity contribution >= 4 is 22.5 Å². The van der Waals surface area contributed by atoms with Crippen molar-refractivity contribution in [2.75, 3.05) is 5.32 Å². The number of amides is 1. The fourth-order valence-electron chi connectivity index (χ4n) is 3.96. The smallest absolute Gasteiger partial charge is 0.325 e. The normalized spacial score (nSPS) is 12.4. The number of benzene rings is 3. The van der Waals surface area contributed by atoms with Crippen molar-refractivity contribution in [3.63, 3.8) is 0 Å². The number of anilines is 1. The van der Waals surface area contributed by atoms with E-state index in [4.69, 9.17) is 5.73 Å². The topological polar surface area (TPSA) is 60.0 Å². The largest absolute Gasteiger partial charge is 0.416 e. The molecule has 0 aliphatic carbocycles. The highest BCUT2D eigenvalue weighted by atomic mass is 19.4. The minimum absolute atomic E-state index is 0.278. The van der Waals surface area contributed by atoms with Crippen molar-refractivity contribution in [2.45, 2.75) is 45.3 Å². The number of hydrogen-bond acceptors (Lipinski definition) is 2. The zero-order valence-electron chi connectivity index (χ0n) is 20.1. The molecule has 1 amide bonds. The Balaban J connectivity index is 1.74. The molecule has 3 N–H and O–H groups in total. The number of carbonyl (C=O) groups excluding carboxylic acids is 1. The van der Waals surface area contributed by atoms with Gasteiger partial charge in [0, 0.05) is 23.0 Å². The number of fused-ring (bicyclic) bond motifs is 1. The summed E-state index contributed by atoms with van der Waals surface area (Å²) in [6.45, 7) is 7.53. The first-order valence-corrected chi connectivity index (χ1v) is 11.4. The van der Waals surface area contributed by atoms with Gasteiger partial charge in [0.2, 0.25) is 5.91 Å². The molecule has 0 aliphatic heterocycles. The second-order valence-corrected chi connectivity index (χ2v) is 9.64. The fourth-order valence-corrected chi connectivity index (χ4v) is 3.96. The van der Waals surface area contributed by atoms with Gasteiger partial charge in [0.05, 0.1) is 16.6 Å². The number of rotatable bonds is 5. The number of carbonyl (C=O) groups is 1. The molecule has 182 valence electrons. The van der Waals surface area contributed by atoms with Crippen LogP contribution in [0.1, 0.15) is 44.7 Å². The summed E-state index contributed by atoms with van der Waals surface area (Å²) in [4.78, 5) is 12.2. The van der Waals surface area contributed by atoms with E-state index in [1.807, 2.05) is 42.5 Å². The first-order valence-electron chi connectivity index (χ1n) is 11.4. The summed E-state index contributed by atoms with van der Waals surface area (Å²) < 4.78 is 41.0. The van der Waals surface area contributed by atoms with Crippen molar-refractivity contribution in [1.82, 2.24) is 4.57 Å². The lowest BCUT2D eigenvalue weighted by atomic mass is 9.99. The average Bonchev–Trinajstić information content (AvgIpc) is 3.18. The minimum Gasteiger partial charge on any atom is -0.325 e. The summed E-state index contributed by atoms with van der Waals surface area (Å²) in [6.07, 6.45) is -2.28. The van der Waals surface area contributed by atoms with E-state index in [1.165, 1.54) is 17.7 Å². The van der Waals surface area contributed by atoms with Gasteiger partial charge in [-0.25, -0.2) is 0 Å². The summed E-state index contributed by atoms with van der Waals surface area (Å²) in [5.74, 6) is 0.000887. The van der Waals surface area contributed by atoms with Gasteiger partial charge < -0.3 is 15.6 Å². The maximum Gasteiger partial charge on any atom is 0.416 e. The molecular weight excluding hydrogens is 451 g/mol. The fraction of sp³-hybridized carbons (Fsp3) is 0.250. The Morgan fingerprint density at radius 1 is 0.914 bits per heavy atom. The molecule has 0 aliphatic rings. The third-order valence-electron chi connectivity index (χ3n) is 5.99. The van der Waals surface area contributed by atoms with E-state index < -0.39 is 17.3 Å². The van der Waals surface area contributed by atoms with E-state index in [0.717, 1.165) is 34.3 Å². The molecule has 4 rings (SSSR count). The first kappa shape index (κ1) is 24.5. The molecular formula is C28H28F3N3O. The molecule has 0 radical (unpaired) electrons. The zero-order valence-corrected chi connectivity index (χ0v) is 20.1. The first-order chi connectivity index (χ1) is 16.3. The Morgan fingerprint density at radius 3 is 2.06 bits per heavy atom. The molecule has 0 saturated heterocycles. The summed E-state index contributed by atoms with van der Waals surface area (Å²) in [7, 11) is 0. The number of nitrogens with zero attached hydrogens (tertiary/aromatic N) is 1. The van der Waals surface area contributed by atoms with Gasteiger partial charge >= 0.3 is 6.18 Å². The highest BCUT2D eigenvalue weighted by Gasteiger charge is 2.30. The molecule has 0 bridgehead atoms. The van der Waals surface area contributed by atoms with E-state index in [1.54, 1.807) is 13.8 Å². The Morgan fingerprint density at radius 2 is 1.51 bits per heavy atom. The van der Waals surface area contributed by atoms with Crippen molar-refractivity contribution in [1.29, 1.82) is 0 Å². The summed E-state index contributed by atoms with van der Waals surface area (Å²) >= 11 is 0. The molecule has 4 nitrogen and oxygen atoms in total. The highest BCUT2D eigenvalue weighted by molar-refractivity contribution is 5.97. The van der Waals surface area contributed by atoms with Gasteiger partial charge in [0.25, 0.3) is 0 Å². The summed E-state index contributed by atoms with van der Waals surface area (Å²) in [5.41, 5.74) is 9.40. The van der Waals surface area contributed by atoms with Crippen molar-refractivity contribution in [3.05, 3.63) is 84.1 Å². The van der Waals surface area contributed by atoms with Gasteiger partial charge in [-0.15, -0.1) is 0 Å². The maximum atomic E-state index is 13.0. The van der Waals surface area contributed by atoms with Crippen LogP contribution < -0.4 is 11.1 Å². The summed E-state index contributed by atoms with van der Waals surface area (Å²) in [6, 6.07) is 18.6. The van der Waals surface area contributed by atoms with Gasteiger partial charge in [-0.05, 0) is 78.9 Å². The van der Waals surface area contributed by atoms with E-state index in [9.17, 15) is 18.0 Å². The maximum absolute atomic E-state index is 13.0. The van der Waals surface area contributed by atoms with E-state index in [-0.39, 0.29) is 11.8 Å². The van der Waals surface area contributed by atoms with Crippen LogP contribution in [0.5, 0.6) is 0 Å². The number of halogens is 3. The SMILES string of the molecule is CC(C)c1cn(-c2ccc(NC(=O)C(C)(C)N)cc2)c2cc(-c3ccc(C(F)(F)F)cc3)ccc12. The number of nitrogens with one attached hydrogen (secondary N) is 1. The van der Waals surface area contributed by atoms with Gasteiger partial charge in [0.15, 0.2) is 0 Å². The van der Waals surface area contributed by atoms with Crippen molar-refractivity contribution < 1.29 is 18.0 Å². The predicted molar refractivity (Wildman–Crippen MR) is 135 cm³/mol. The third kappa shape index (κ3) is 5.10. The Kier molecular flexibility index (Phi) is 6.23. The second-order valence-electron chi connectivity index (χ2n) is 9.64. The zero-order chi connectivity index (χ0) is 25.5. The molecule has 3 aromatic carbocycles. The van der Waals surface area contributed by atoms with E-state index in [2.05, 4.69) is 29.9 Å². The van der Waals surface area contributed by atoms with Crippen LogP contribution in [0.2, 0.25) is 0 Å². The van der Waals surface area contributed by atoms with Crippen LogP contribution in [0.25, 0.3) is 27.7 Å². The molecule has 7 heteroatoms. The number of nitrogens with two attached hydrogens (primary N) is 1. The lowest BCUT2D eigenvalue weighted by Crippen LogP contribution is -2.45. The van der Waals surface area contributed by atoms with Crippen LogP contribution in [-0.4, -0.2) is 16.0 Å². The van der Waals surface area contributed by atoms with Crippen molar-refractivity contribution in [2.24, 2.45) is 5.73 Å².